The van der Waals surface area contributed by atoms with E-state index in [1.807, 2.05) is 30.3 Å². The van der Waals surface area contributed by atoms with Crippen LogP contribution < -0.4 is 15.5 Å². The molecule has 0 aliphatic rings. The molecule has 6 nitrogen and oxygen atoms in total. The van der Waals surface area contributed by atoms with Crippen molar-refractivity contribution in [1.29, 1.82) is 0 Å². The van der Waals surface area contributed by atoms with Gasteiger partial charge in [-0.3, -0.25) is 5.43 Å². The van der Waals surface area contributed by atoms with E-state index in [9.17, 15) is 0 Å². The van der Waals surface area contributed by atoms with Crippen molar-refractivity contribution in [3.63, 3.8) is 0 Å². The molecule has 0 unspecified atom stereocenters. The minimum atomic E-state index is 0.420. The molecule has 0 amide bonds. The Morgan fingerprint density at radius 1 is 0.806 bits per heavy atom. The maximum absolute atomic E-state index is 6.01. The first kappa shape index (κ1) is 20.5. The van der Waals surface area contributed by atoms with Crippen molar-refractivity contribution >= 4 is 23.3 Å². The van der Waals surface area contributed by atoms with Gasteiger partial charge in [0.25, 0.3) is 0 Å². The van der Waals surface area contributed by atoms with Crippen molar-refractivity contribution < 1.29 is 4.74 Å². The molecular formula is C25H25N5O. The molecule has 0 radical (unpaired) electrons. The van der Waals surface area contributed by atoms with Crippen LogP contribution in [0.1, 0.15) is 16.7 Å². The molecular weight excluding hydrogens is 386 g/mol. The third kappa shape index (κ3) is 5.43. The zero-order chi connectivity index (χ0) is 21.3. The second-order valence-corrected chi connectivity index (χ2v) is 7.19. The normalized spacial score (nSPS) is 10.7. The largest absolute Gasteiger partial charge is 0.471 e. The maximum atomic E-state index is 6.01. The predicted molar refractivity (Wildman–Crippen MR) is 125 cm³/mol. The van der Waals surface area contributed by atoms with Crippen LogP contribution in [-0.4, -0.2) is 23.5 Å². The van der Waals surface area contributed by atoms with E-state index in [1.54, 1.807) is 0 Å². The topological polar surface area (TPSA) is 71.4 Å². The summed E-state index contributed by atoms with van der Waals surface area (Å²) >= 11 is 0. The summed E-state index contributed by atoms with van der Waals surface area (Å²) in [6.45, 7) is 5.62. The SMILES string of the molecule is C=NNc1nnc(OCc2cccc(CNCCc3ccccc3)c2)c2ccccc12. The molecule has 0 aliphatic heterocycles. The Kier molecular flexibility index (Phi) is 6.82. The molecule has 6 heteroatoms. The van der Waals surface area contributed by atoms with Crippen molar-refractivity contribution in [2.45, 2.75) is 19.6 Å². The van der Waals surface area contributed by atoms with Crippen molar-refractivity contribution in [2.24, 2.45) is 5.10 Å². The van der Waals surface area contributed by atoms with E-state index in [0.29, 0.717) is 18.3 Å². The number of anilines is 1. The van der Waals surface area contributed by atoms with Gasteiger partial charge in [0.1, 0.15) is 6.61 Å². The Balaban J connectivity index is 1.36. The lowest BCUT2D eigenvalue weighted by Gasteiger charge is -2.11. The first-order chi connectivity index (χ1) is 15.3. The van der Waals surface area contributed by atoms with Gasteiger partial charge in [-0.15, -0.1) is 10.2 Å². The standard InChI is InChI=1S/C25H25N5O/c1-26-28-24-22-12-5-6-13-23(22)25(30-29-24)31-18-21-11-7-10-20(16-21)17-27-15-14-19-8-3-2-4-9-19/h2-13,16,27H,1,14-15,17-18H2,(H,28,29). The molecule has 0 bridgehead atoms. The molecule has 1 heterocycles. The summed E-state index contributed by atoms with van der Waals surface area (Å²) < 4.78 is 6.01. The lowest BCUT2D eigenvalue weighted by atomic mass is 10.1. The van der Waals surface area contributed by atoms with E-state index in [0.717, 1.165) is 35.8 Å². The Labute approximate surface area is 182 Å². The summed E-state index contributed by atoms with van der Waals surface area (Å²) in [5.41, 5.74) is 6.42. The van der Waals surface area contributed by atoms with Crippen LogP contribution in [0, 0.1) is 0 Å². The van der Waals surface area contributed by atoms with Gasteiger partial charge >= 0.3 is 0 Å². The zero-order valence-corrected chi connectivity index (χ0v) is 17.3. The summed E-state index contributed by atoms with van der Waals surface area (Å²) in [5.74, 6) is 1.05. The fraction of sp³-hybridized carbons (Fsp3) is 0.160. The number of ether oxygens (including phenoxy) is 1. The fourth-order valence-corrected chi connectivity index (χ4v) is 3.43. The lowest BCUT2D eigenvalue weighted by molar-refractivity contribution is 0.294. The average molecular weight is 412 g/mol. The van der Waals surface area contributed by atoms with Gasteiger partial charge in [-0.1, -0.05) is 72.8 Å². The van der Waals surface area contributed by atoms with Crippen LogP contribution in [0.3, 0.4) is 0 Å². The van der Waals surface area contributed by atoms with Crippen LogP contribution in [0.5, 0.6) is 5.88 Å². The molecule has 3 aromatic carbocycles. The van der Waals surface area contributed by atoms with E-state index >= 15 is 0 Å². The molecule has 156 valence electrons. The number of aromatic nitrogens is 2. The number of rotatable bonds is 10. The van der Waals surface area contributed by atoms with Gasteiger partial charge in [0.05, 0.1) is 0 Å². The Morgan fingerprint density at radius 2 is 1.55 bits per heavy atom. The molecule has 0 atom stereocenters. The van der Waals surface area contributed by atoms with Crippen LogP contribution in [-0.2, 0) is 19.6 Å². The average Bonchev–Trinajstić information content (AvgIpc) is 2.82. The van der Waals surface area contributed by atoms with Gasteiger partial charge in [0.15, 0.2) is 5.82 Å². The van der Waals surface area contributed by atoms with Crippen LogP contribution in [0.2, 0.25) is 0 Å². The molecule has 4 aromatic rings. The summed E-state index contributed by atoms with van der Waals surface area (Å²) in [4.78, 5) is 0. The number of hydrazone groups is 1. The van der Waals surface area contributed by atoms with Gasteiger partial charge in [-0.25, -0.2) is 0 Å². The first-order valence-corrected chi connectivity index (χ1v) is 10.3. The molecule has 31 heavy (non-hydrogen) atoms. The number of nitrogens with zero attached hydrogens (tertiary/aromatic N) is 3. The third-order valence-electron chi connectivity index (χ3n) is 4.97. The van der Waals surface area contributed by atoms with Crippen LogP contribution >= 0.6 is 0 Å². The minimum Gasteiger partial charge on any atom is -0.471 e. The van der Waals surface area contributed by atoms with Gasteiger partial charge in [-0.2, -0.15) is 5.10 Å². The van der Waals surface area contributed by atoms with E-state index < -0.39 is 0 Å². The summed E-state index contributed by atoms with van der Waals surface area (Å²) in [6, 6.07) is 26.7. The minimum absolute atomic E-state index is 0.420. The second kappa shape index (κ2) is 10.3. The van der Waals surface area contributed by atoms with E-state index in [1.165, 1.54) is 11.1 Å². The van der Waals surface area contributed by atoms with Crippen LogP contribution in [0.4, 0.5) is 5.82 Å². The van der Waals surface area contributed by atoms with E-state index in [4.69, 9.17) is 4.74 Å². The molecule has 4 rings (SSSR count). The van der Waals surface area contributed by atoms with Gasteiger partial charge < -0.3 is 10.1 Å². The lowest BCUT2D eigenvalue weighted by Crippen LogP contribution is -2.16. The number of benzene rings is 3. The molecule has 0 saturated heterocycles. The highest BCUT2D eigenvalue weighted by Crippen LogP contribution is 2.27. The summed E-state index contributed by atoms with van der Waals surface area (Å²) in [7, 11) is 0. The van der Waals surface area contributed by atoms with Gasteiger partial charge in [0, 0.05) is 24.0 Å². The molecule has 0 saturated carbocycles. The maximum Gasteiger partial charge on any atom is 0.241 e. The summed E-state index contributed by atoms with van der Waals surface area (Å²) in [5, 5.41) is 17.3. The molecule has 2 N–H and O–H groups in total. The van der Waals surface area contributed by atoms with Gasteiger partial charge in [0.2, 0.25) is 5.88 Å². The first-order valence-electron chi connectivity index (χ1n) is 10.3. The van der Waals surface area contributed by atoms with Crippen molar-refractivity contribution in [3.8, 4) is 5.88 Å². The fourth-order valence-electron chi connectivity index (χ4n) is 3.43. The van der Waals surface area contributed by atoms with Gasteiger partial charge in [-0.05, 0) is 35.7 Å². The number of hydrogen-bond acceptors (Lipinski definition) is 6. The Morgan fingerprint density at radius 3 is 2.39 bits per heavy atom. The summed E-state index contributed by atoms with van der Waals surface area (Å²) in [6.07, 6.45) is 1.02. The Hall–Kier alpha value is -3.77. The quantitative estimate of drug-likeness (QED) is 0.227. The zero-order valence-electron chi connectivity index (χ0n) is 17.3. The smallest absolute Gasteiger partial charge is 0.241 e. The molecule has 0 fully saturated rings. The van der Waals surface area contributed by atoms with Crippen molar-refractivity contribution in [3.05, 3.63) is 95.6 Å². The van der Waals surface area contributed by atoms with Crippen molar-refractivity contribution in [2.75, 3.05) is 12.0 Å². The van der Waals surface area contributed by atoms with Crippen LogP contribution in [0.15, 0.2) is 84.0 Å². The highest BCUT2D eigenvalue weighted by molar-refractivity contribution is 5.94. The highest BCUT2D eigenvalue weighted by Gasteiger charge is 2.10. The second-order valence-electron chi connectivity index (χ2n) is 7.19. The number of nitrogens with one attached hydrogen (secondary N) is 2. The molecule has 1 aromatic heterocycles. The highest BCUT2D eigenvalue weighted by atomic mass is 16.5. The molecule has 0 spiro atoms. The monoisotopic (exact) mass is 411 g/mol. The van der Waals surface area contributed by atoms with E-state index in [-0.39, 0.29) is 0 Å². The van der Waals surface area contributed by atoms with Crippen molar-refractivity contribution in [1.82, 2.24) is 15.5 Å². The third-order valence-corrected chi connectivity index (χ3v) is 4.97. The number of fused-ring (bicyclic) bond motifs is 1. The van der Waals surface area contributed by atoms with Crippen LogP contribution in [0.25, 0.3) is 10.8 Å². The number of hydrogen-bond donors (Lipinski definition) is 2. The van der Waals surface area contributed by atoms with E-state index in [2.05, 4.69) is 81.3 Å². The predicted octanol–water partition coefficient (Wildman–Crippen LogP) is 4.57. The molecule has 0 aliphatic carbocycles. The Bertz CT molecular complexity index is 1150.